The van der Waals surface area contributed by atoms with Crippen LogP contribution in [0.15, 0.2) is 41.3 Å². The summed E-state index contributed by atoms with van der Waals surface area (Å²) in [6.07, 6.45) is 7.47. The predicted octanol–water partition coefficient (Wildman–Crippen LogP) is 2.12. The third-order valence-electron chi connectivity index (χ3n) is 5.40. The fourth-order valence-electron chi connectivity index (χ4n) is 3.95. The Bertz CT molecular complexity index is 680. The Kier molecular flexibility index (Phi) is 4.74. The first-order chi connectivity index (χ1) is 12.2. The summed E-state index contributed by atoms with van der Waals surface area (Å²) in [4.78, 5) is 9.14. The Labute approximate surface area is 148 Å². The molecule has 0 amide bonds. The quantitative estimate of drug-likeness (QED) is 0.918. The first kappa shape index (κ1) is 16.6. The van der Waals surface area contributed by atoms with Gasteiger partial charge < -0.3 is 14.9 Å². The Morgan fingerprint density at radius 1 is 1.12 bits per heavy atom. The Hall–Kier alpha value is -1.89. The number of ether oxygens (including phenoxy) is 1. The van der Waals surface area contributed by atoms with Gasteiger partial charge in [-0.1, -0.05) is 6.07 Å². The number of furan rings is 1. The van der Waals surface area contributed by atoms with Crippen molar-refractivity contribution >= 4 is 5.82 Å². The minimum absolute atomic E-state index is 0.0118. The first-order valence-electron chi connectivity index (χ1n) is 9.02. The Balaban J connectivity index is 1.34. The van der Waals surface area contributed by atoms with E-state index in [9.17, 15) is 0 Å². The lowest BCUT2D eigenvalue weighted by Gasteiger charge is -2.47. The van der Waals surface area contributed by atoms with Gasteiger partial charge >= 0.3 is 0 Å². The van der Waals surface area contributed by atoms with Gasteiger partial charge in [0.2, 0.25) is 0 Å². The molecule has 2 aromatic heterocycles. The summed E-state index contributed by atoms with van der Waals surface area (Å²) in [6, 6.07) is 6.07. The van der Waals surface area contributed by atoms with Gasteiger partial charge in [0.25, 0.3) is 0 Å². The molecule has 134 valence electrons. The molecule has 0 radical (unpaired) electrons. The number of likely N-dealkylation sites (tertiary alicyclic amines) is 1. The van der Waals surface area contributed by atoms with Gasteiger partial charge in [0.05, 0.1) is 24.7 Å². The molecule has 0 unspecified atom stereocenters. The summed E-state index contributed by atoms with van der Waals surface area (Å²) in [5.41, 5.74) is 8.35. The van der Waals surface area contributed by atoms with Crippen LogP contribution in [-0.2, 0) is 17.8 Å². The topological polar surface area (TPSA) is 67.8 Å². The second-order valence-electron chi connectivity index (χ2n) is 7.20. The normalized spacial score (nSPS) is 21.6. The van der Waals surface area contributed by atoms with Crippen LogP contribution in [0.25, 0.3) is 0 Å². The number of anilines is 1. The number of aromatic nitrogens is 1. The highest BCUT2D eigenvalue weighted by molar-refractivity contribution is 5.38. The lowest BCUT2D eigenvalue weighted by atomic mass is 9.89. The molecule has 0 atom stereocenters. The molecular weight excluding hydrogens is 316 g/mol. The van der Waals surface area contributed by atoms with Crippen LogP contribution in [0, 0.1) is 0 Å². The van der Waals surface area contributed by atoms with Gasteiger partial charge in [0, 0.05) is 56.6 Å². The summed E-state index contributed by atoms with van der Waals surface area (Å²) in [5.74, 6) is 0.637. The van der Waals surface area contributed by atoms with Crippen LogP contribution >= 0.6 is 0 Å². The maximum Gasteiger partial charge on any atom is 0.127 e. The third kappa shape index (κ3) is 3.86. The average molecular weight is 342 g/mol. The molecule has 2 aliphatic heterocycles. The van der Waals surface area contributed by atoms with E-state index in [1.54, 1.807) is 12.5 Å². The van der Waals surface area contributed by atoms with Gasteiger partial charge in [-0.25, -0.2) is 4.98 Å². The van der Waals surface area contributed by atoms with Gasteiger partial charge in [-0.2, -0.15) is 0 Å². The van der Waals surface area contributed by atoms with Crippen molar-refractivity contribution in [2.45, 2.75) is 31.5 Å². The molecule has 2 aliphatic rings. The van der Waals surface area contributed by atoms with Crippen molar-refractivity contribution < 1.29 is 9.15 Å². The van der Waals surface area contributed by atoms with E-state index in [-0.39, 0.29) is 5.60 Å². The summed E-state index contributed by atoms with van der Waals surface area (Å²) in [5, 5.41) is 0. The van der Waals surface area contributed by atoms with Crippen molar-refractivity contribution in [1.82, 2.24) is 14.8 Å². The maximum atomic E-state index is 6.25. The van der Waals surface area contributed by atoms with E-state index in [0.717, 1.165) is 64.3 Å². The van der Waals surface area contributed by atoms with E-state index in [1.165, 1.54) is 5.56 Å². The highest BCUT2D eigenvalue weighted by atomic mass is 16.5. The zero-order valence-corrected chi connectivity index (χ0v) is 14.6. The van der Waals surface area contributed by atoms with E-state index >= 15 is 0 Å². The molecule has 0 aromatic carbocycles. The molecule has 25 heavy (non-hydrogen) atoms. The lowest BCUT2D eigenvalue weighted by Crippen LogP contribution is -2.56. The van der Waals surface area contributed by atoms with E-state index in [2.05, 4.69) is 20.9 Å². The van der Waals surface area contributed by atoms with E-state index in [4.69, 9.17) is 14.9 Å². The largest absolute Gasteiger partial charge is 0.472 e. The second kappa shape index (κ2) is 7.15. The number of nitrogens with zero attached hydrogens (tertiary/aromatic N) is 3. The Morgan fingerprint density at radius 2 is 2.00 bits per heavy atom. The zero-order chi connectivity index (χ0) is 17.1. The van der Waals surface area contributed by atoms with Crippen molar-refractivity contribution in [3.05, 3.63) is 48.0 Å². The van der Waals surface area contributed by atoms with Gasteiger partial charge in [-0.05, 0) is 25.0 Å². The predicted molar refractivity (Wildman–Crippen MR) is 95.8 cm³/mol. The summed E-state index contributed by atoms with van der Waals surface area (Å²) in [6.45, 7) is 6.66. The highest BCUT2D eigenvalue weighted by Crippen LogP contribution is 2.31. The van der Waals surface area contributed by atoms with Crippen molar-refractivity contribution in [3.8, 4) is 0 Å². The molecule has 6 heteroatoms. The number of hydrogen-bond donors (Lipinski definition) is 1. The number of pyridine rings is 1. The molecule has 4 heterocycles. The summed E-state index contributed by atoms with van der Waals surface area (Å²) < 4.78 is 11.4. The average Bonchev–Trinajstić information content (AvgIpc) is 3.13. The Morgan fingerprint density at radius 3 is 2.76 bits per heavy atom. The third-order valence-corrected chi connectivity index (χ3v) is 5.40. The molecule has 2 fully saturated rings. The minimum Gasteiger partial charge on any atom is -0.472 e. The van der Waals surface area contributed by atoms with Crippen molar-refractivity contribution in [3.63, 3.8) is 0 Å². The second-order valence-corrected chi connectivity index (χ2v) is 7.20. The van der Waals surface area contributed by atoms with Crippen LogP contribution in [0.4, 0.5) is 5.82 Å². The molecule has 0 aliphatic carbocycles. The van der Waals surface area contributed by atoms with Crippen LogP contribution in [0.5, 0.6) is 0 Å². The SMILES string of the molecule is Nc1ncccc1CN1CCOC2(CCN(Cc3ccoc3)CC2)C1. The van der Waals surface area contributed by atoms with E-state index in [0.29, 0.717) is 5.82 Å². The van der Waals surface area contributed by atoms with Crippen molar-refractivity contribution in [1.29, 1.82) is 0 Å². The van der Waals surface area contributed by atoms with Gasteiger partial charge in [-0.15, -0.1) is 0 Å². The number of rotatable bonds is 4. The van der Waals surface area contributed by atoms with Gasteiger partial charge in [0.15, 0.2) is 0 Å². The van der Waals surface area contributed by atoms with Crippen LogP contribution in [0.3, 0.4) is 0 Å². The van der Waals surface area contributed by atoms with Crippen molar-refractivity contribution in [2.24, 2.45) is 0 Å². The molecule has 6 nitrogen and oxygen atoms in total. The van der Waals surface area contributed by atoms with Gasteiger partial charge in [0.1, 0.15) is 5.82 Å². The molecule has 0 saturated carbocycles. The lowest BCUT2D eigenvalue weighted by molar-refractivity contribution is -0.138. The standard InChI is InChI=1S/C19H26N4O2/c20-18-17(2-1-6-21-18)13-23-9-11-25-19(15-23)4-7-22(8-5-19)12-16-3-10-24-14-16/h1-3,6,10,14H,4-5,7-9,11-13,15H2,(H2,20,21). The molecular formula is C19H26N4O2. The number of morpholine rings is 1. The molecule has 2 N–H and O–H groups in total. The number of piperidine rings is 1. The summed E-state index contributed by atoms with van der Waals surface area (Å²) >= 11 is 0. The van der Waals surface area contributed by atoms with E-state index < -0.39 is 0 Å². The number of hydrogen-bond acceptors (Lipinski definition) is 6. The van der Waals surface area contributed by atoms with Crippen LogP contribution in [0.1, 0.15) is 24.0 Å². The van der Waals surface area contributed by atoms with Gasteiger partial charge in [-0.3, -0.25) is 9.80 Å². The van der Waals surface area contributed by atoms with Crippen LogP contribution < -0.4 is 5.73 Å². The smallest absolute Gasteiger partial charge is 0.127 e. The number of nitrogens with two attached hydrogens (primary N) is 1. The van der Waals surface area contributed by atoms with E-state index in [1.807, 2.05) is 18.4 Å². The number of nitrogen functional groups attached to an aromatic ring is 1. The molecule has 2 saturated heterocycles. The zero-order valence-electron chi connectivity index (χ0n) is 14.6. The molecule has 1 spiro atoms. The maximum absolute atomic E-state index is 6.25. The minimum atomic E-state index is -0.0118. The fraction of sp³-hybridized carbons (Fsp3) is 0.526. The van der Waals surface area contributed by atoms with Crippen LogP contribution in [-0.4, -0.2) is 53.2 Å². The first-order valence-corrected chi connectivity index (χ1v) is 9.02. The summed E-state index contributed by atoms with van der Waals surface area (Å²) in [7, 11) is 0. The molecule has 0 bridgehead atoms. The highest BCUT2D eigenvalue weighted by Gasteiger charge is 2.39. The van der Waals surface area contributed by atoms with Crippen LogP contribution in [0.2, 0.25) is 0 Å². The molecule has 2 aromatic rings. The monoisotopic (exact) mass is 342 g/mol. The fourth-order valence-corrected chi connectivity index (χ4v) is 3.95. The molecule has 4 rings (SSSR count). The van der Waals surface area contributed by atoms with Crippen molar-refractivity contribution in [2.75, 3.05) is 38.5 Å².